The predicted octanol–water partition coefficient (Wildman–Crippen LogP) is 1.50. The normalized spacial score (nSPS) is 9.44. The van der Waals surface area contributed by atoms with Gasteiger partial charge in [-0.25, -0.2) is 0 Å². The predicted molar refractivity (Wildman–Crippen MR) is 30.1 cm³/mol. The molecular formula is C5H5NO3. The van der Waals surface area contributed by atoms with Gasteiger partial charge in [0.15, 0.2) is 0 Å². The first-order chi connectivity index (χ1) is 4.22. The van der Waals surface area contributed by atoms with Crippen molar-refractivity contribution in [3.8, 4) is 0 Å². The van der Waals surface area contributed by atoms with Crippen LogP contribution in [-0.4, -0.2) is 4.92 Å². The fourth-order valence-electron chi connectivity index (χ4n) is 0.552. The lowest BCUT2D eigenvalue weighted by Gasteiger charge is -1.81. The van der Waals surface area contributed by atoms with Crippen LogP contribution in [0.5, 0.6) is 0 Å². The van der Waals surface area contributed by atoms with Crippen LogP contribution in [0.15, 0.2) is 16.7 Å². The van der Waals surface area contributed by atoms with E-state index < -0.39 is 4.92 Å². The van der Waals surface area contributed by atoms with E-state index in [1.807, 2.05) is 0 Å². The second-order valence-electron chi connectivity index (χ2n) is 1.67. The number of rotatable bonds is 1. The van der Waals surface area contributed by atoms with Crippen molar-refractivity contribution < 1.29 is 9.34 Å². The second-order valence-corrected chi connectivity index (χ2v) is 1.67. The lowest BCUT2D eigenvalue weighted by molar-refractivity contribution is -0.402. The van der Waals surface area contributed by atoms with Crippen LogP contribution in [0.1, 0.15) is 5.56 Å². The van der Waals surface area contributed by atoms with E-state index >= 15 is 0 Å². The largest absolute Gasteiger partial charge is 0.435 e. The van der Waals surface area contributed by atoms with Gasteiger partial charge in [-0.15, -0.1) is 0 Å². The average molecular weight is 127 g/mol. The van der Waals surface area contributed by atoms with Crippen LogP contribution in [0.25, 0.3) is 0 Å². The van der Waals surface area contributed by atoms with Gasteiger partial charge in [-0.3, -0.25) is 10.1 Å². The lowest BCUT2D eigenvalue weighted by atomic mass is 10.4. The summed E-state index contributed by atoms with van der Waals surface area (Å²) >= 11 is 0. The monoisotopic (exact) mass is 127 g/mol. The Labute approximate surface area is 51.2 Å². The van der Waals surface area contributed by atoms with E-state index in [0.717, 1.165) is 0 Å². The molecule has 0 amide bonds. The summed E-state index contributed by atoms with van der Waals surface area (Å²) in [5.74, 6) is -0.171. The summed E-state index contributed by atoms with van der Waals surface area (Å²) in [5, 5.41) is 9.99. The van der Waals surface area contributed by atoms with Crippen LogP contribution in [0.3, 0.4) is 0 Å². The summed E-state index contributed by atoms with van der Waals surface area (Å²) in [5.41, 5.74) is 0.556. The van der Waals surface area contributed by atoms with Crippen LogP contribution < -0.4 is 0 Å². The maximum atomic E-state index is 9.99. The van der Waals surface area contributed by atoms with E-state index in [9.17, 15) is 10.1 Å². The molecule has 0 aromatic carbocycles. The zero-order chi connectivity index (χ0) is 6.85. The number of hydrogen-bond acceptors (Lipinski definition) is 3. The maximum absolute atomic E-state index is 9.99. The van der Waals surface area contributed by atoms with Crippen LogP contribution in [0.2, 0.25) is 0 Å². The fourth-order valence-corrected chi connectivity index (χ4v) is 0.552. The molecule has 0 bridgehead atoms. The molecule has 0 saturated heterocycles. The molecule has 1 heterocycles. The molecule has 0 aliphatic carbocycles. The van der Waals surface area contributed by atoms with Gasteiger partial charge in [0.05, 0.1) is 11.8 Å². The first-order valence-electron chi connectivity index (χ1n) is 2.40. The second kappa shape index (κ2) is 1.89. The van der Waals surface area contributed by atoms with E-state index in [-0.39, 0.29) is 5.88 Å². The molecule has 0 saturated carbocycles. The molecule has 4 heteroatoms. The quantitative estimate of drug-likeness (QED) is 0.424. The molecule has 1 aromatic heterocycles. The van der Waals surface area contributed by atoms with Gasteiger partial charge in [0.2, 0.25) is 0 Å². The molecule has 0 N–H and O–H groups in total. The van der Waals surface area contributed by atoms with Crippen molar-refractivity contribution >= 4 is 5.88 Å². The third-order valence-electron chi connectivity index (χ3n) is 1.00. The van der Waals surface area contributed by atoms with Gasteiger partial charge in [-0.2, -0.15) is 0 Å². The van der Waals surface area contributed by atoms with E-state index in [2.05, 4.69) is 4.42 Å². The number of aryl methyl sites for hydroxylation is 1. The summed E-state index contributed by atoms with van der Waals surface area (Å²) in [6.45, 7) is 1.63. The average Bonchev–Trinajstić information content (AvgIpc) is 2.13. The van der Waals surface area contributed by atoms with Gasteiger partial charge in [0.1, 0.15) is 4.92 Å². The molecule has 0 atom stereocenters. The summed E-state index contributed by atoms with van der Waals surface area (Å²) in [7, 11) is 0. The van der Waals surface area contributed by atoms with Gasteiger partial charge < -0.3 is 4.42 Å². The van der Waals surface area contributed by atoms with Crippen molar-refractivity contribution in [1.82, 2.24) is 0 Å². The first kappa shape index (κ1) is 5.81. The van der Waals surface area contributed by atoms with Crippen molar-refractivity contribution in [2.75, 3.05) is 0 Å². The highest BCUT2D eigenvalue weighted by molar-refractivity contribution is 5.26. The Kier molecular flexibility index (Phi) is 1.22. The highest BCUT2D eigenvalue weighted by Gasteiger charge is 2.12. The highest BCUT2D eigenvalue weighted by atomic mass is 16.6. The van der Waals surface area contributed by atoms with Gasteiger partial charge in [0, 0.05) is 0 Å². The zero-order valence-electron chi connectivity index (χ0n) is 4.83. The first-order valence-corrected chi connectivity index (χ1v) is 2.40. The molecule has 0 radical (unpaired) electrons. The molecule has 9 heavy (non-hydrogen) atoms. The third kappa shape index (κ3) is 0.910. The molecule has 48 valence electrons. The van der Waals surface area contributed by atoms with Gasteiger partial charge in [0.25, 0.3) is 0 Å². The standard InChI is InChI=1S/C5H5NO3/c1-4-2-3-9-5(4)6(7)8/h2-3H,1H3. The van der Waals surface area contributed by atoms with Gasteiger partial charge >= 0.3 is 5.88 Å². The Morgan fingerprint density at radius 3 is 2.67 bits per heavy atom. The minimum atomic E-state index is -0.546. The van der Waals surface area contributed by atoms with Gasteiger partial charge in [-0.05, 0) is 13.0 Å². The number of nitrogens with zero attached hydrogens (tertiary/aromatic N) is 1. The Hall–Kier alpha value is -1.32. The highest BCUT2D eigenvalue weighted by Crippen LogP contribution is 2.16. The van der Waals surface area contributed by atoms with Crippen molar-refractivity contribution in [2.45, 2.75) is 6.92 Å². The molecular weight excluding hydrogens is 122 g/mol. The van der Waals surface area contributed by atoms with Gasteiger partial charge in [-0.1, -0.05) is 0 Å². The smallest absolute Gasteiger partial charge is 0.409 e. The summed E-state index contributed by atoms with van der Waals surface area (Å²) in [4.78, 5) is 9.45. The Bertz CT molecular complexity index is 228. The minimum Gasteiger partial charge on any atom is -0.409 e. The molecule has 4 nitrogen and oxygen atoms in total. The topological polar surface area (TPSA) is 56.3 Å². The van der Waals surface area contributed by atoms with Crippen LogP contribution in [0.4, 0.5) is 5.88 Å². The van der Waals surface area contributed by atoms with Crippen LogP contribution in [0, 0.1) is 17.0 Å². The maximum Gasteiger partial charge on any atom is 0.435 e. The Morgan fingerprint density at radius 1 is 1.78 bits per heavy atom. The summed E-state index contributed by atoms with van der Waals surface area (Å²) < 4.78 is 4.53. The Morgan fingerprint density at radius 2 is 2.44 bits per heavy atom. The molecule has 0 aliphatic heterocycles. The minimum absolute atomic E-state index is 0.171. The summed E-state index contributed by atoms with van der Waals surface area (Å²) in [6, 6.07) is 1.55. The van der Waals surface area contributed by atoms with Crippen molar-refractivity contribution in [3.05, 3.63) is 28.0 Å². The molecule has 0 fully saturated rings. The molecule has 0 spiro atoms. The third-order valence-corrected chi connectivity index (χ3v) is 1.00. The van der Waals surface area contributed by atoms with Crippen molar-refractivity contribution in [2.24, 2.45) is 0 Å². The number of nitro groups is 1. The molecule has 1 aromatic rings. The van der Waals surface area contributed by atoms with Crippen molar-refractivity contribution in [3.63, 3.8) is 0 Å². The molecule has 1 rings (SSSR count). The zero-order valence-corrected chi connectivity index (χ0v) is 4.83. The lowest BCUT2D eigenvalue weighted by Crippen LogP contribution is -1.85. The molecule has 0 unspecified atom stereocenters. The van der Waals surface area contributed by atoms with E-state index in [1.165, 1.54) is 6.26 Å². The summed E-state index contributed by atoms with van der Waals surface area (Å²) in [6.07, 6.45) is 1.30. The number of hydrogen-bond donors (Lipinski definition) is 0. The van der Waals surface area contributed by atoms with Crippen LogP contribution >= 0.6 is 0 Å². The van der Waals surface area contributed by atoms with Crippen LogP contribution in [-0.2, 0) is 0 Å². The Balaban J connectivity index is 3.08. The van der Waals surface area contributed by atoms with E-state index in [4.69, 9.17) is 0 Å². The van der Waals surface area contributed by atoms with E-state index in [1.54, 1.807) is 13.0 Å². The van der Waals surface area contributed by atoms with E-state index in [0.29, 0.717) is 5.56 Å². The SMILES string of the molecule is Cc1ccoc1[N+](=O)[O-]. The molecule has 0 aliphatic rings. The fraction of sp³-hybridized carbons (Fsp3) is 0.200. The van der Waals surface area contributed by atoms with Crippen molar-refractivity contribution in [1.29, 1.82) is 0 Å². The number of furan rings is 1.